The first-order valence-electron chi connectivity index (χ1n) is 4.91. The monoisotopic (exact) mass is 190 g/mol. The third-order valence-electron chi connectivity index (χ3n) is 2.42. The van der Waals surface area contributed by atoms with Crippen molar-refractivity contribution in [2.75, 3.05) is 19.6 Å². The van der Waals surface area contributed by atoms with Crippen molar-refractivity contribution in [2.24, 2.45) is 0 Å². The number of ketones is 1. The molecule has 1 aliphatic rings. The molecule has 1 aliphatic heterocycles. The van der Waals surface area contributed by atoms with Crippen LogP contribution in [0.15, 0.2) is 30.3 Å². The highest BCUT2D eigenvalue weighted by Gasteiger charge is 2.20. The summed E-state index contributed by atoms with van der Waals surface area (Å²) in [5.74, 6) is 0.179. The molecule has 74 valence electrons. The number of hydrogen-bond acceptors (Lipinski definition) is 3. The fraction of sp³-hybridized carbons (Fsp3) is 0.364. The van der Waals surface area contributed by atoms with E-state index >= 15 is 0 Å². The molecule has 0 saturated carbocycles. The van der Waals surface area contributed by atoms with Gasteiger partial charge in [0.25, 0.3) is 0 Å². The Labute approximate surface area is 83.5 Å². The zero-order valence-electron chi connectivity index (χ0n) is 7.99. The summed E-state index contributed by atoms with van der Waals surface area (Å²) >= 11 is 0. The van der Waals surface area contributed by atoms with Crippen LogP contribution in [0.25, 0.3) is 0 Å². The maximum absolute atomic E-state index is 11.9. The van der Waals surface area contributed by atoms with Gasteiger partial charge < -0.3 is 10.6 Å². The van der Waals surface area contributed by atoms with Crippen LogP contribution >= 0.6 is 0 Å². The van der Waals surface area contributed by atoms with E-state index in [-0.39, 0.29) is 11.8 Å². The van der Waals surface area contributed by atoms with Gasteiger partial charge in [-0.2, -0.15) is 0 Å². The number of carbonyl (C=O) groups excluding carboxylic acids is 1. The van der Waals surface area contributed by atoms with E-state index in [9.17, 15) is 4.79 Å². The Hall–Kier alpha value is -1.19. The Balaban J connectivity index is 2.07. The second-order valence-corrected chi connectivity index (χ2v) is 3.44. The van der Waals surface area contributed by atoms with Crippen molar-refractivity contribution in [2.45, 2.75) is 6.04 Å². The minimum absolute atomic E-state index is 0.0638. The van der Waals surface area contributed by atoms with Crippen molar-refractivity contribution < 1.29 is 4.79 Å². The van der Waals surface area contributed by atoms with E-state index in [0.29, 0.717) is 0 Å². The van der Waals surface area contributed by atoms with Crippen molar-refractivity contribution >= 4 is 5.78 Å². The molecular formula is C11H14N2O. The van der Waals surface area contributed by atoms with E-state index in [1.165, 1.54) is 0 Å². The Morgan fingerprint density at radius 1 is 1.21 bits per heavy atom. The number of carbonyl (C=O) groups is 1. The van der Waals surface area contributed by atoms with Crippen LogP contribution in [0.3, 0.4) is 0 Å². The molecule has 3 heteroatoms. The molecular weight excluding hydrogens is 176 g/mol. The molecule has 2 rings (SSSR count). The lowest BCUT2D eigenvalue weighted by molar-refractivity contribution is 0.0934. The molecule has 0 aromatic heterocycles. The Kier molecular flexibility index (Phi) is 2.91. The molecule has 1 saturated heterocycles. The Morgan fingerprint density at radius 3 is 2.64 bits per heavy atom. The van der Waals surface area contributed by atoms with Gasteiger partial charge in [-0.15, -0.1) is 0 Å². The average Bonchev–Trinajstić information content (AvgIpc) is 2.30. The van der Waals surface area contributed by atoms with Crippen LogP contribution in [0.4, 0.5) is 0 Å². The van der Waals surface area contributed by atoms with Gasteiger partial charge in [-0.1, -0.05) is 30.3 Å². The second kappa shape index (κ2) is 4.35. The van der Waals surface area contributed by atoms with Gasteiger partial charge in [0.2, 0.25) is 0 Å². The minimum Gasteiger partial charge on any atom is -0.313 e. The lowest BCUT2D eigenvalue weighted by Gasteiger charge is -2.23. The molecule has 0 radical (unpaired) electrons. The van der Waals surface area contributed by atoms with Gasteiger partial charge >= 0.3 is 0 Å². The summed E-state index contributed by atoms with van der Waals surface area (Å²) in [6.07, 6.45) is 0. The third-order valence-corrected chi connectivity index (χ3v) is 2.42. The standard InChI is InChI=1S/C11H14N2O/c14-11(9-4-2-1-3-5-9)10-8-12-6-7-13-10/h1-5,10,12-13H,6-8H2. The molecule has 0 aliphatic carbocycles. The summed E-state index contributed by atoms with van der Waals surface area (Å²) in [7, 11) is 0. The van der Waals surface area contributed by atoms with Crippen LogP contribution in [0, 0.1) is 0 Å². The highest BCUT2D eigenvalue weighted by Crippen LogP contribution is 2.04. The number of hydrogen-bond donors (Lipinski definition) is 2. The van der Waals surface area contributed by atoms with Gasteiger partial charge in [0.05, 0.1) is 6.04 Å². The summed E-state index contributed by atoms with van der Waals surface area (Å²) < 4.78 is 0. The molecule has 0 amide bonds. The normalized spacial score (nSPS) is 21.9. The molecule has 14 heavy (non-hydrogen) atoms. The minimum atomic E-state index is -0.0638. The Morgan fingerprint density at radius 2 is 2.00 bits per heavy atom. The molecule has 0 spiro atoms. The fourth-order valence-electron chi connectivity index (χ4n) is 1.64. The highest BCUT2D eigenvalue weighted by molar-refractivity contribution is 6.00. The van der Waals surface area contributed by atoms with Gasteiger partial charge in [0.1, 0.15) is 0 Å². The van der Waals surface area contributed by atoms with E-state index < -0.39 is 0 Å². The van der Waals surface area contributed by atoms with Crippen LogP contribution in [0.1, 0.15) is 10.4 Å². The van der Waals surface area contributed by atoms with Crippen molar-refractivity contribution in [3.05, 3.63) is 35.9 Å². The van der Waals surface area contributed by atoms with Crippen LogP contribution in [-0.2, 0) is 0 Å². The largest absolute Gasteiger partial charge is 0.313 e. The summed E-state index contributed by atoms with van der Waals surface area (Å²) in [6.45, 7) is 2.54. The van der Waals surface area contributed by atoms with Crippen molar-refractivity contribution in [3.8, 4) is 0 Å². The molecule has 1 atom stereocenters. The first-order chi connectivity index (χ1) is 6.88. The number of Topliss-reactive ketones (excluding diaryl/α,β-unsaturated/α-hetero) is 1. The smallest absolute Gasteiger partial charge is 0.181 e. The first-order valence-corrected chi connectivity index (χ1v) is 4.91. The van der Waals surface area contributed by atoms with Gasteiger partial charge in [0.15, 0.2) is 5.78 Å². The van der Waals surface area contributed by atoms with Gasteiger partial charge in [0, 0.05) is 25.2 Å². The first kappa shape index (κ1) is 9.37. The van der Waals surface area contributed by atoms with E-state index in [1.807, 2.05) is 30.3 Å². The third kappa shape index (κ3) is 2.00. The summed E-state index contributed by atoms with van der Waals surface area (Å²) in [4.78, 5) is 11.9. The van der Waals surface area contributed by atoms with Crippen LogP contribution < -0.4 is 10.6 Å². The van der Waals surface area contributed by atoms with Gasteiger partial charge in [-0.25, -0.2) is 0 Å². The number of piperazine rings is 1. The van der Waals surface area contributed by atoms with Crippen LogP contribution in [0.5, 0.6) is 0 Å². The fourth-order valence-corrected chi connectivity index (χ4v) is 1.64. The summed E-state index contributed by atoms with van der Waals surface area (Å²) in [5, 5.41) is 6.41. The maximum Gasteiger partial charge on any atom is 0.181 e. The van der Waals surface area contributed by atoms with E-state index in [0.717, 1.165) is 25.2 Å². The lowest BCUT2D eigenvalue weighted by atomic mass is 10.0. The number of benzene rings is 1. The molecule has 1 heterocycles. The van der Waals surface area contributed by atoms with E-state index in [1.54, 1.807) is 0 Å². The molecule has 1 aromatic rings. The summed E-state index contributed by atoms with van der Waals surface area (Å²) in [6, 6.07) is 9.36. The quantitative estimate of drug-likeness (QED) is 0.664. The van der Waals surface area contributed by atoms with Gasteiger partial charge in [-0.05, 0) is 0 Å². The van der Waals surface area contributed by atoms with E-state index in [4.69, 9.17) is 0 Å². The predicted molar refractivity (Wildman–Crippen MR) is 55.4 cm³/mol. The summed E-state index contributed by atoms with van der Waals surface area (Å²) in [5.41, 5.74) is 0.786. The zero-order valence-corrected chi connectivity index (χ0v) is 7.99. The zero-order chi connectivity index (χ0) is 9.80. The Bertz CT molecular complexity index is 304. The topological polar surface area (TPSA) is 41.1 Å². The van der Waals surface area contributed by atoms with Crippen LogP contribution in [0.2, 0.25) is 0 Å². The van der Waals surface area contributed by atoms with E-state index in [2.05, 4.69) is 10.6 Å². The average molecular weight is 190 g/mol. The van der Waals surface area contributed by atoms with Crippen molar-refractivity contribution in [1.82, 2.24) is 10.6 Å². The lowest BCUT2D eigenvalue weighted by Crippen LogP contribution is -2.52. The van der Waals surface area contributed by atoms with Gasteiger partial charge in [-0.3, -0.25) is 4.79 Å². The second-order valence-electron chi connectivity index (χ2n) is 3.44. The molecule has 0 bridgehead atoms. The highest BCUT2D eigenvalue weighted by atomic mass is 16.1. The number of rotatable bonds is 2. The number of nitrogens with one attached hydrogen (secondary N) is 2. The molecule has 1 aromatic carbocycles. The van der Waals surface area contributed by atoms with Crippen LogP contribution in [-0.4, -0.2) is 31.5 Å². The molecule has 2 N–H and O–H groups in total. The van der Waals surface area contributed by atoms with Crippen molar-refractivity contribution in [3.63, 3.8) is 0 Å². The maximum atomic E-state index is 11.9. The molecule has 3 nitrogen and oxygen atoms in total. The predicted octanol–water partition coefficient (Wildman–Crippen LogP) is 0.431. The SMILES string of the molecule is O=C(c1ccccc1)C1CNCCN1. The molecule has 1 fully saturated rings. The molecule has 1 unspecified atom stereocenters. The van der Waals surface area contributed by atoms with Crippen molar-refractivity contribution in [1.29, 1.82) is 0 Å².